The molecule has 4 fully saturated rings. The Morgan fingerprint density at radius 1 is 1.11 bits per heavy atom. The molecule has 0 radical (unpaired) electrons. The Balaban J connectivity index is 0.00000294. The highest BCUT2D eigenvalue weighted by Crippen LogP contribution is 2.42. The number of carbonyl (C=O) groups is 1. The predicted octanol–water partition coefficient (Wildman–Crippen LogP) is 4.13. The number of anilines is 2. The topological polar surface area (TPSA) is 105 Å². The minimum atomic E-state index is -0.752. The number of benzene rings is 1. The molecule has 0 bridgehead atoms. The van der Waals surface area contributed by atoms with Gasteiger partial charge in [-0.15, -0.1) is 0 Å². The molecule has 0 N–H and O–H groups in total. The number of hydrogen-bond donors (Lipinski definition) is 0. The van der Waals surface area contributed by atoms with Gasteiger partial charge in [0.1, 0.15) is 6.61 Å². The van der Waals surface area contributed by atoms with Gasteiger partial charge in [0.15, 0.2) is 24.2 Å². The van der Waals surface area contributed by atoms with Crippen LogP contribution in [-0.2, 0) is 28.4 Å². The molecule has 2 aromatic rings. The van der Waals surface area contributed by atoms with E-state index in [1.807, 2.05) is 18.7 Å². The van der Waals surface area contributed by atoms with Crippen LogP contribution in [0.15, 0.2) is 10.6 Å². The summed E-state index contributed by atoms with van der Waals surface area (Å²) in [6.07, 6.45) is 0.995. The Kier molecular flexibility index (Phi) is 8.06. The highest BCUT2D eigenvalue weighted by atomic mass is 19.1. The molecule has 12 heteroatoms. The van der Waals surface area contributed by atoms with Crippen LogP contribution in [-0.4, -0.2) is 81.9 Å². The van der Waals surface area contributed by atoms with Crippen LogP contribution in [0.25, 0.3) is 11.0 Å². The first-order valence-corrected chi connectivity index (χ1v) is 12.9. The minimum absolute atomic E-state index is 0. The van der Waals surface area contributed by atoms with Crippen molar-refractivity contribution < 1.29 is 42.1 Å². The van der Waals surface area contributed by atoms with Crippen molar-refractivity contribution in [3.05, 3.63) is 17.4 Å². The number of fused-ring (bicyclic) bond motifs is 1. The highest BCUT2D eigenvalue weighted by molar-refractivity contribution is 6.01. The van der Waals surface area contributed by atoms with Crippen molar-refractivity contribution in [1.29, 1.82) is 0 Å². The number of nitrogens with zero attached hydrogens (tertiary/aromatic N) is 3. The summed E-state index contributed by atoms with van der Waals surface area (Å²) in [6.45, 7) is 6.65. The summed E-state index contributed by atoms with van der Waals surface area (Å²) in [7, 11) is 0. The Hall–Kier alpha value is -2.51. The molecule has 1 aromatic heterocycles. The normalized spacial score (nSPS) is 28.7. The van der Waals surface area contributed by atoms with Crippen molar-refractivity contribution in [2.24, 2.45) is 0 Å². The Morgan fingerprint density at radius 3 is 2.58 bits per heavy atom. The second kappa shape index (κ2) is 11.3. The zero-order valence-corrected chi connectivity index (χ0v) is 21.0. The molecule has 6 rings (SSSR count). The predicted molar refractivity (Wildman–Crippen MR) is 135 cm³/mol. The third-order valence-corrected chi connectivity index (χ3v) is 7.10. The zero-order valence-electron chi connectivity index (χ0n) is 21.0. The van der Waals surface area contributed by atoms with E-state index in [1.165, 1.54) is 4.90 Å². The van der Waals surface area contributed by atoms with E-state index in [1.54, 1.807) is 6.07 Å². The summed E-state index contributed by atoms with van der Waals surface area (Å²) in [5, 5.41) is 4.45. The fourth-order valence-electron chi connectivity index (χ4n) is 5.51. The van der Waals surface area contributed by atoms with Crippen LogP contribution in [0.5, 0.6) is 0 Å². The molecule has 4 aliphatic heterocycles. The molecule has 1 unspecified atom stereocenters. The van der Waals surface area contributed by atoms with Gasteiger partial charge in [0.2, 0.25) is 5.58 Å². The molecule has 1 amide bonds. The van der Waals surface area contributed by atoms with Crippen molar-refractivity contribution in [1.82, 2.24) is 5.16 Å². The van der Waals surface area contributed by atoms with Gasteiger partial charge >= 0.3 is 6.09 Å². The minimum Gasteiger partial charge on any atom is -0.447 e. The van der Waals surface area contributed by atoms with Gasteiger partial charge in [0.25, 0.3) is 0 Å². The van der Waals surface area contributed by atoms with Gasteiger partial charge in [-0.25, -0.2) is 14.1 Å². The molecule has 4 aliphatic rings. The molecular weight excluding hydrogens is 501 g/mol. The monoisotopic (exact) mass is 537 g/mol. The lowest BCUT2D eigenvalue weighted by molar-refractivity contribution is -0.164. The maximum Gasteiger partial charge on any atom is 0.416 e. The van der Waals surface area contributed by atoms with E-state index in [0.717, 1.165) is 19.3 Å². The van der Waals surface area contributed by atoms with Gasteiger partial charge in [-0.2, -0.15) is 0 Å². The van der Waals surface area contributed by atoms with E-state index < -0.39 is 24.2 Å². The summed E-state index contributed by atoms with van der Waals surface area (Å²) < 4.78 is 56.0. The first-order valence-electron chi connectivity index (χ1n) is 12.9. The zero-order chi connectivity index (χ0) is 25.5. The van der Waals surface area contributed by atoms with Crippen molar-refractivity contribution in [2.75, 3.05) is 55.9 Å². The number of amides is 1. The average molecular weight is 538 g/mol. The van der Waals surface area contributed by atoms with Gasteiger partial charge < -0.3 is 37.8 Å². The summed E-state index contributed by atoms with van der Waals surface area (Å²) in [4.78, 5) is 16.1. The second-order valence-electron chi connectivity index (χ2n) is 9.98. The molecule has 1 aromatic carbocycles. The smallest absolute Gasteiger partial charge is 0.416 e. The third kappa shape index (κ3) is 5.07. The second-order valence-corrected chi connectivity index (χ2v) is 9.98. The number of carbonyl (C=O) groups excluding carboxylic acids is 1. The first-order chi connectivity index (χ1) is 18.0. The van der Waals surface area contributed by atoms with Crippen molar-refractivity contribution in [3.8, 4) is 0 Å². The van der Waals surface area contributed by atoms with E-state index in [0.29, 0.717) is 49.5 Å². The van der Waals surface area contributed by atoms with Crippen LogP contribution in [0.2, 0.25) is 0 Å². The van der Waals surface area contributed by atoms with Crippen LogP contribution in [0.1, 0.15) is 52.4 Å². The van der Waals surface area contributed by atoms with E-state index in [4.69, 9.17) is 32.9 Å². The summed E-state index contributed by atoms with van der Waals surface area (Å²) in [5.74, 6) is -0.410. The highest BCUT2D eigenvalue weighted by Gasteiger charge is 2.40. The van der Waals surface area contributed by atoms with Gasteiger partial charge in [-0.3, -0.25) is 0 Å². The van der Waals surface area contributed by atoms with Crippen LogP contribution < -0.4 is 9.80 Å². The van der Waals surface area contributed by atoms with Crippen LogP contribution in [0.4, 0.5) is 20.7 Å². The molecule has 5 heterocycles. The van der Waals surface area contributed by atoms with Gasteiger partial charge in [0, 0.05) is 25.3 Å². The van der Waals surface area contributed by atoms with E-state index in [9.17, 15) is 4.79 Å². The quantitative estimate of drug-likeness (QED) is 0.534. The standard InChI is InChI=1S/C25H32FN3O8.CH4/c1-14-10-28(11-15(2)36-14)21-17(24-32-7-8-33-24)9-18-22(20(21)26)37-27-23(18)29-16(13-35-25(29)30)12-34-19-5-3-4-6-31-19;/h9,14-16,19,24H,3-8,10-13H2,1-2H3;1H4/t14-,15-,16+,19?;/m1./s1. The van der Waals surface area contributed by atoms with Gasteiger partial charge in [0.05, 0.1) is 49.1 Å². The lowest BCUT2D eigenvalue weighted by Gasteiger charge is -2.38. The largest absolute Gasteiger partial charge is 0.447 e. The molecule has 11 nitrogen and oxygen atoms in total. The summed E-state index contributed by atoms with van der Waals surface area (Å²) in [6, 6.07) is 1.28. The van der Waals surface area contributed by atoms with Crippen LogP contribution >= 0.6 is 0 Å². The van der Waals surface area contributed by atoms with Crippen molar-refractivity contribution in [3.63, 3.8) is 0 Å². The molecule has 210 valence electrons. The number of ether oxygens (including phenoxy) is 6. The number of morpholine rings is 1. The van der Waals surface area contributed by atoms with Crippen molar-refractivity contribution >= 4 is 28.6 Å². The fourth-order valence-corrected chi connectivity index (χ4v) is 5.51. The SMILES string of the molecule is C.C[C@@H]1CN(c2c(C3OCCO3)cc3c(N4C(=O)OC[C@@H]4COC4CCCCO4)noc3c2F)C[C@@H](C)O1. The number of aromatic nitrogens is 1. The van der Waals surface area contributed by atoms with Gasteiger partial charge in [-0.1, -0.05) is 12.6 Å². The molecule has 0 spiro atoms. The maximum atomic E-state index is 16.2. The molecule has 38 heavy (non-hydrogen) atoms. The number of halogens is 1. The average Bonchev–Trinajstić information content (AvgIpc) is 3.63. The fraction of sp³-hybridized carbons (Fsp3) is 0.692. The molecule has 4 atom stereocenters. The van der Waals surface area contributed by atoms with E-state index in [2.05, 4.69) is 5.16 Å². The first kappa shape index (κ1) is 27.1. The van der Waals surface area contributed by atoms with Crippen molar-refractivity contribution in [2.45, 2.75) is 71.4 Å². The molecule has 0 aliphatic carbocycles. The van der Waals surface area contributed by atoms with Crippen LogP contribution in [0, 0.1) is 5.82 Å². The van der Waals surface area contributed by atoms with E-state index in [-0.39, 0.29) is 50.5 Å². The Bertz CT molecular complexity index is 1120. The van der Waals surface area contributed by atoms with Crippen LogP contribution in [0.3, 0.4) is 0 Å². The molecule has 0 saturated carbocycles. The lowest BCUT2D eigenvalue weighted by atomic mass is 10.0. The maximum absolute atomic E-state index is 16.2. The number of hydrogen-bond acceptors (Lipinski definition) is 10. The molecule has 4 saturated heterocycles. The Morgan fingerprint density at radius 2 is 1.87 bits per heavy atom. The summed E-state index contributed by atoms with van der Waals surface area (Å²) in [5.41, 5.74) is 0.806. The summed E-state index contributed by atoms with van der Waals surface area (Å²) >= 11 is 0. The third-order valence-electron chi connectivity index (χ3n) is 7.10. The number of rotatable bonds is 6. The lowest BCUT2D eigenvalue weighted by Crippen LogP contribution is -2.46. The van der Waals surface area contributed by atoms with Gasteiger partial charge in [-0.05, 0) is 39.2 Å². The van der Waals surface area contributed by atoms with E-state index >= 15 is 4.39 Å². The molecular formula is C26H36FN3O8. The Labute approximate surface area is 221 Å². The number of cyclic esters (lactones) is 1.